The van der Waals surface area contributed by atoms with Gasteiger partial charge in [0, 0.05) is 25.2 Å². The van der Waals surface area contributed by atoms with E-state index < -0.39 is 0 Å². The molecule has 90 valence electrons. The molecule has 17 heavy (non-hydrogen) atoms. The highest BCUT2D eigenvalue weighted by atomic mass is 32.1. The predicted molar refractivity (Wildman–Crippen MR) is 73.9 cm³/mol. The standard InChI is InChI=1S/C13H17N3S/c1-9-8-16(10(2)7-14-9)13-15-11-5-3-4-6-12(11)17-13/h3-6,9-10,14H,7-8H2,1-2H3/t9-,10+/m1/s1. The maximum absolute atomic E-state index is 4.74. The molecule has 3 rings (SSSR count). The van der Waals surface area contributed by atoms with E-state index in [1.54, 1.807) is 11.3 Å². The summed E-state index contributed by atoms with van der Waals surface area (Å²) >= 11 is 1.80. The van der Waals surface area contributed by atoms with Gasteiger partial charge in [0.05, 0.1) is 10.2 Å². The first kappa shape index (κ1) is 11.0. The summed E-state index contributed by atoms with van der Waals surface area (Å²) in [4.78, 5) is 7.16. The molecule has 1 aromatic carbocycles. The molecular formula is C13H17N3S. The average molecular weight is 247 g/mol. The summed E-state index contributed by atoms with van der Waals surface area (Å²) in [5.74, 6) is 0. The van der Waals surface area contributed by atoms with E-state index in [4.69, 9.17) is 4.98 Å². The van der Waals surface area contributed by atoms with Crippen molar-refractivity contribution in [1.29, 1.82) is 0 Å². The van der Waals surface area contributed by atoms with Gasteiger partial charge < -0.3 is 10.2 Å². The monoisotopic (exact) mass is 247 g/mol. The van der Waals surface area contributed by atoms with Crippen molar-refractivity contribution >= 4 is 26.7 Å². The normalized spacial score (nSPS) is 25.4. The molecule has 1 saturated heterocycles. The molecule has 1 aromatic heterocycles. The minimum absolute atomic E-state index is 0.520. The smallest absolute Gasteiger partial charge is 0.186 e. The Hall–Kier alpha value is -1.13. The van der Waals surface area contributed by atoms with Gasteiger partial charge in [-0.25, -0.2) is 4.98 Å². The van der Waals surface area contributed by atoms with E-state index in [1.165, 1.54) is 4.70 Å². The minimum Gasteiger partial charge on any atom is -0.343 e. The number of para-hydroxylation sites is 1. The topological polar surface area (TPSA) is 28.2 Å². The first-order valence-electron chi connectivity index (χ1n) is 6.09. The molecule has 2 aromatic rings. The Morgan fingerprint density at radius 3 is 3.00 bits per heavy atom. The lowest BCUT2D eigenvalue weighted by molar-refractivity contribution is 0.425. The molecule has 0 bridgehead atoms. The number of nitrogens with zero attached hydrogens (tertiary/aromatic N) is 2. The molecule has 1 aliphatic heterocycles. The van der Waals surface area contributed by atoms with E-state index in [2.05, 4.69) is 48.3 Å². The summed E-state index contributed by atoms with van der Waals surface area (Å²) < 4.78 is 1.28. The summed E-state index contributed by atoms with van der Waals surface area (Å²) in [6, 6.07) is 9.42. The van der Waals surface area contributed by atoms with Gasteiger partial charge >= 0.3 is 0 Å². The van der Waals surface area contributed by atoms with Crippen LogP contribution in [0.3, 0.4) is 0 Å². The van der Waals surface area contributed by atoms with E-state index in [0.29, 0.717) is 12.1 Å². The van der Waals surface area contributed by atoms with Gasteiger partial charge in [0.1, 0.15) is 0 Å². The van der Waals surface area contributed by atoms with Crippen molar-refractivity contribution in [1.82, 2.24) is 10.3 Å². The van der Waals surface area contributed by atoms with Crippen LogP contribution in [-0.4, -0.2) is 30.2 Å². The molecular weight excluding hydrogens is 230 g/mol. The molecule has 1 aliphatic rings. The Morgan fingerprint density at radius 1 is 1.35 bits per heavy atom. The lowest BCUT2D eigenvalue weighted by Crippen LogP contribution is -2.54. The van der Waals surface area contributed by atoms with Crippen molar-refractivity contribution in [3.63, 3.8) is 0 Å². The lowest BCUT2D eigenvalue weighted by Gasteiger charge is -2.37. The molecule has 1 fully saturated rings. The molecule has 0 unspecified atom stereocenters. The van der Waals surface area contributed by atoms with Crippen LogP contribution in [0.25, 0.3) is 10.2 Å². The number of piperazine rings is 1. The number of hydrogen-bond donors (Lipinski definition) is 1. The van der Waals surface area contributed by atoms with E-state index in [1.807, 2.05) is 0 Å². The van der Waals surface area contributed by atoms with Gasteiger partial charge in [0.25, 0.3) is 0 Å². The van der Waals surface area contributed by atoms with Crippen LogP contribution in [0.5, 0.6) is 0 Å². The van der Waals surface area contributed by atoms with Gasteiger partial charge in [-0.1, -0.05) is 23.5 Å². The van der Waals surface area contributed by atoms with E-state index in [9.17, 15) is 0 Å². The Kier molecular flexibility index (Phi) is 2.76. The van der Waals surface area contributed by atoms with Crippen molar-refractivity contribution in [3.8, 4) is 0 Å². The van der Waals surface area contributed by atoms with E-state index in [-0.39, 0.29) is 0 Å². The molecule has 2 heterocycles. The van der Waals surface area contributed by atoms with Gasteiger partial charge in [-0.15, -0.1) is 0 Å². The fourth-order valence-electron chi connectivity index (χ4n) is 2.27. The van der Waals surface area contributed by atoms with Crippen LogP contribution in [0.1, 0.15) is 13.8 Å². The molecule has 0 radical (unpaired) electrons. The number of anilines is 1. The van der Waals surface area contributed by atoms with Gasteiger partial charge in [0.15, 0.2) is 5.13 Å². The molecule has 0 aliphatic carbocycles. The van der Waals surface area contributed by atoms with Crippen molar-refractivity contribution in [2.45, 2.75) is 25.9 Å². The van der Waals surface area contributed by atoms with Gasteiger partial charge in [-0.05, 0) is 26.0 Å². The number of benzene rings is 1. The number of fused-ring (bicyclic) bond motifs is 1. The van der Waals surface area contributed by atoms with E-state index >= 15 is 0 Å². The highest BCUT2D eigenvalue weighted by Crippen LogP contribution is 2.30. The summed E-state index contributed by atoms with van der Waals surface area (Å²) in [5, 5.41) is 4.66. The fraction of sp³-hybridized carbons (Fsp3) is 0.462. The van der Waals surface area contributed by atoms with Crippen LogP contribution in [0.15, 0.2) is 24.3 Å². The van der Waals surface area contributed by atoms with Crippen LogP contribution in [0.2, 0.25) is 0 Å². The number of rotatable bonds is 1. The van der Waals surface area contributed by atoms with Gasteiger partial charge in [0.2, 0.25) is 0 Å². The van der Waals surface area contributed by atoms with Crippen LogP contribution in [-0.2, 0) is 0 Å². The quantitative estimate of drug-likeness (QED) is 0.839. The third-order valence-electron chi connectivity index (χ3n) is 3.29. The van der Waals surface area contributed by atoms with Gasteiger partial charge in [-0.2, -0.15) is 0 Å². The zero-order chi connectivity index (χ0) is 11.8. The second-order valence-corrected chi connectivity index (χ2v) is 5.78. The molecule has 0 amide bonds. The zero-order valence-corrected chi connectivity index (χ0v) is 11.0. The summed E-state index contributed by atoms with van der Waals surface area (Å²) in [6.45, 7) is 6.56. The molecule has 0 saturated carbocycles. The second-order valence-electron chi connectivity index (χ2n) is 4.77. The first-order valence-corrected chi connectivity index (χ1v) is 6.91. The third-order valence-corrected chi connectivity index (χ3v) is 4.37. The maximum Gasteiger partial charge on any atom is 0.186 e. The number of aromatic nitrogens is 1. The lowest BCUT2D eigenvalue weighted by atomic mass is 10.1. The van der Waals surface area contributed by atoms with Crippen LogP contribution in [0.4, 0.5) is 5.13 Å². The minimum atomic E-state index is 0.520. The fourth-order valence-corrected chi connectivity index (χ4v) is 3.35. The Balaban J connectivity index is 1.96. The van der Waals surface area contributed by atoms with Crippen molar-refractivity contribution in [2.24, 2.45) is 0 Å². The average Bonchev–Trinajstić information content (AvgIpc) is 2.75. The SMILES string of the molecule is C[C@@H]1CN(c2nc3ccccc3s2)[C@@H](C)CN1. The van der Waals surface area contributed by atoms with E-state index in [0.717, 1.165) is 23.7 Å². The Morgan fingerprint density at radius 2 is 2.18 bits per heavy atom. The van der Waals surface area contributed by atoms with Gasteiger partial charge in [-0.3, -0.25) is 0 Å². The van der Waals surface area contributed by atoms with Crippen LogP contribution < -0.4 is 10.2 Å². The highest BCUT2D eigenvalue weighted by molar-refractivity contribution is 7.22. The van der Waals surface area contributed by atoms with Crippen molar-refractivity contribution in [3.05, 3.63) is 24.3 Å². The molecule has 0 spiro atoms. The Bertz CT molecular complexity index is 489. The largest absolute Gasteiger partial charge is 0.343 e. The van der Waals surface area contributed by atoms with Crippen LogP contribution in [0, 0.1) is 0 Å². The predicted octanol–water partition coefficient (Wildman–Crippen LogP) is 2.48. The zero-order valence-electron chi connectivity index (χ0n) is 10.2. The van der Waals surface area contributed by atoms with Crippen LogP contribution >= 0.6 is 11.3 Å². The molecule has 1 N–H and O–H groups in total. The second kappa shape index (κ2) is 4.27. The molecule has 3 nitrogen and oxygen atoms in total. The first-order chi connectivity index (χ1) is 8.24. The number of hydrogen-bond acceptors (Lipinski definition) is 4. The Labute approximate surface area is 105 Å². The number of thiazole rings is 1. The maximum atomic E-state index is 4.74. The third kappa shape index (κ3) is 2.03. The highest BCUT2D eigenvalue weighted by Gasteiger charge is 2.24. The summed E-state index contributed by atoms with van der Waals surface area (Å²) in [7, 11) is 0. The molecule has 4 heteroatoms. The summed E-state index contributed by atoms with van der Waals surface area (Å²) in [6.07, 6.45) is 0. The number of nitrogens with one attached hydrogen (secondary N) is 1. The van der Waals surface area contributed by atoms with Crippen molar-refractivity contribution in [2.75, 3.05) is 18.0 Å². The summed E-state index contributed by atoms with van der Waals surface area (Å²) in [5.41, 5.74) is 1.12. The molecule has 2 atom stereocenters. The van der Waals surface area contributed by atoms with Crippen molar-refractivity contribution < 1.29 is 0 Å².